The highest BCUT2D eigenvalue weighted by Gasteiger charge is 2.34. The first-order valence-corrected chi connectivity index (χ1v) is 7.74. The van der Waals surface area contributed by atoms with E-state index in [1.165, 1.54) is 19.2 Å². The van der Waals surface area contributed by atoms with Gasteiger partial charge in [0.2, 0.25) is 5.91 Å². The average Bonchev–Trinajstić information content (AvgIpc) is 2.82. The van der Waals surface area contributed by atoms with Crippen molar-refractivity contribution in [2.24, 2.45) is 5.16 Å². The predicted octanol–water partition coefficient (Wildman–Crippen LogP) is 1.98. The minimum absolute atomic E-state index is 0.103. The van der Waals surface area contributed by atoms with E-state index in [0.717, 1.165) is 19.3 Å². The number of fused-ring (bicyclic) bond motifs is 1. The quantitative estimate of drug-likeness (QED) is 0.431. The second kappa shape index (κ2) is 8.39. The number of anilines is 1. The minimum atomic E-state index is -0.436. The molecule has 0 radical (unpaired) electrons. The Morgan fingerprint density at radius 1 is 1.33 bits per heavy atom. The van der Waals surface area contributed by atoms with Gasteiger partial charge in [-0.3, -0.25) is 14.8 Å². The number of carbonyl (C=O) groups is 2. The number of oxime groups is 1. The molecule has 2 N–H and O–H groups in total. The molecule has 0 spiro atoms. The van der Waals surface area contributed by atoms with Gasteiger partial charge in [0.05, 0.1) is 5.69 Å². The summed E-state index contributed by atoms with van der Waals surface area (Å²) in [5, 5.41) is 12.1. The van der Waals surface area contributed by atoms with E-state index in [1.54, 1.807) is 16.4 Å². The van der Waals surface area contributed by atoms with Crippen LogP contribution in [0.3, 0.4) is 0 Å². The van der Waals surface area contributed by atoms with E-state index in [0.29, 0.717) is 24.2 Å². The number of unbranched alkanes of at least 4 members (excludes halogenated alkanes) is 3. The third kappa shape index (κ3) is 4.08. The third-order valence-corrected chi connectivity index (χ3v) is 3.80. The molecule has 0 fully saturated rings. The van der Waals surface area contributed by atoms with Crippen LogP contribution in [0.1, 0.15) is 37.7 Å². The van der Waals surface area contributed by atoms with E-state index >= 15 is 0 Å². The van der Waals surface area contributed by atoms with Crippen molar-refractivity contribution in [2.75, 3.05) is 18.6 Å². The summed E-state index contributed by atoms with van der Waals surface area (Å²) in [5.74, 6) is -1.15. The summed E-state index contributed by atoms with van der Waals surface area (Å²) in [7, 11) is 1.34. The van der Waals surface area contributed by atoms with Crippen molar-refractivity contribution in [1.82, 2.24) is 5.48 Å². The van der Waals surface area contributed by atoms with Gasteiger partial charge < -0.3 is 9.74 Å². The van der Waals surface area contributed by atoms with Crippen molar-refractivity contribution >= 4 is 23.2 Å². The molecule has 130 valence electrons. The van der Waals surface area contributed by atoms with Gasteiger partial charge in [0, 0.05) is 18.5 Å². The van der Waals surface area contributed by atoms with Gasteiger partial charge in [-0.1, -0.05) is 18.0 Å². The van der Waals surface area contributed by atoms with Gasteiger partial charge in [0.25, 0.3) is 5.91 Å². The van der Waals surface area contributed by atoms with Crippen LogP contribution < -0.4 is 10.4 Å². The number of rotatable bonds is 8. The van der Waals surface area contributed by atoms with Crippen LogP contribution >= 0.6 is 0 Å². The molecule has 2 rings (SSSR count). The van der Waals surface area contributed by atoms with Crippen molar-refractivity contribution in [3.63, 3.8) is 0 Å². The van der Waals surface area contributed by atoms with Crippen molar-refractivity contribution in [2.45, 2.75) is 32.1 Å². The molecule has 0 bridgehead atoms. The Morgan fingerprint density at radius 3 is 2.79 bits per heavy atom. The summed E-state index contributed by atoms with van der Waals surface area (Å²) in [6.45, 7) is 0.479. The Labute approximate surface area is 139 Å². The highest BCUT2D eigenvalue weighted by Crippen LogP contribution is 2.30. The number of halogens is 1. The molecule has 8 heteroatoms. The van der Waals surface area contributed by atoms with Crippen molar-refractivity contribution in [3.05, 3.63) is 29.6 Å². The minimum Gasteiger partial charge on any atom is -0.398 e. The van der Waals surface area contributed by atoms with Gasteiger partial charge in [-0.25, -0.2) is 9.87 Å². The molecule has 0 unspecified atom stereocenters. The van der Waals surface area contributed by atoms with Gasteiger partial charge in [0.15, 0.2) is 5.71 Å². The van der Waals surface area contributed by atoms with Crippen LogP contribution in [-0.4, -0.2) is 36.4 Å². The first-order valence-electron chi connectivity index (χ1n) is 7.74. The average molecular weight is 337 g/mol. The lowest BCUT2D eigenvalue weighted by molar-refractivity contribution is -0.129. The van der Waals surface area contributed by atoms with Crippen LogP contribution in [0.15, 0.2) is 23.4 Å². The lowest BCUT2D eigenvalue weighted by Crippen LogP contribution is -2.31. The van der Waals surface area contributed by atoms with Crippen LogP contribution in [-0.2, 0) is 14.4 Å². The van der Waals surface area contributed by atoms with E-state index in [9.17, 15) is 14.0 Å². The zero-order valence-electron chi connectivity index (χ0n) is 13.4. The number of hydrogen-bond acceptors (Lipinski definition) is 5. The first kappa shape index (κ1) is 17.9. The highest BCUT2D eigenvalue weighted by molar-refractivity contribution is 6.54. The molecule has 7 nitrogen and oxygen atoms in total. The number of nitrogens with zero attached hydrogens (tertiary/aromatic N) is 2. The Kier molecular flexibility index (Phi) is 6.25. The van der Waals surface area contributed by atoms with Gasteiger partial charge in [-0.05, 0) is 31.0 Å². The first-order chi connectivity index (χ1) is 11.6. The molecule has 24 heavy (non-hydrogen) atoms. The summed E-state index contributed by atoms with van der Waals surface area (Å²) in [5.41, 5.74) is 2.75. The SMILES string of the molecule is CO/N=C1/C(=O)N(CCCCCCC(=O)NO)c2ccc(F)cc21. The van der Waals surface area contributed by atoms with Gasteiger partial charge >= 0.3 is 0 Å². The number of amides is 2. The lowest BCUT2D eigenvalue weighted by Gasteiger charge is -2.16. The molecule has 0 saturated carbocycles. The van der Waals surface area contributed by atoms with Gasteiger partial charge in [-0.2, -0.15) is 0 Å². The van der Waals surface area contributed by atoms with Gasteiger partial charge in [0.1, 0.15) is 12.9 Å². The Bertz CT molecular complexity index is 648. The number of hydroxylamine groups is 1. The fraction of sp³-hybridized carbons (Fsp3) is 0.438. The molecule has 1 aromatic carbocycles. The van der Waals surface area contributed by atoms with Crippen molar-refractivity contribution in [3.8, 4) is 0 Å². The van der Waals surface area contributed by atoms with Crippen LogP contribution in [0.25, 0.3) is 0 Å². The van der Waals surface area contributed by atoms with E-state index < -0.39 is 11.7 Å². The maximum atomic E-state index is 13.4. The fourth-order valence-corrected chi connectivity index (χ4v) is 2.65. The molecule has 0 aliphatic carbocycles. The largest absolute Gasteiger partial charge is 0.398 e. The van der Waals surface area contributed by atoms with Crippen LogP contribution in [0.4, 0.5) is 10.1 Å². The van der Waals surface area contributed by atoms with Crippen LogP contribution in [0.5, 0.6) is 0 Å². The fourth-order valence-electron chi connectivity index (χ4n) is 2.65. The molecule has 1 heterocycles. The smallest absolute Gasteiger partial charge is 0.281 e. The molecule has 2 amide bonds. The monoisotopic (exact) mass is 337 g/mol. The predicted molar refractivity (Wildman–Crippen MR) is 85.3 cm³/mol. The zero-order valence-corrected chi connectivity index (χ0v) is 13.4. The van der Waals surface area contributed by atoms with E-state index in [-0.39, 0.29) is 18.0 Å². The van der Waals surface area contributed by atoms with Crippen LogP contribution in [0.2, 0.25) is 0 Å². The number of carbonyl (C=O) groups excluding carboxylic acids is 2. The molecular formula is C16H20FN3O4. The second-order valence-corrected chi connectivity index (χ2v) is 5.44. The molecular weight excluding hydrogens is 317 g/mol. The van der Waals surface area contributed by atoms with E-state index in [1.807, 2.05) is 0 Å². The number of hydrogen-bond donors (Lipinski definition) is 2. The molecule has 1 aromatic rings. The molecule has 0 aromatic heterocycles. The summed E-state index contributed by atoms with van der Waals surface area (Å²) in [6, 6.07) is 4.15. The molecule has 1 aliphatic heterocycles. The van der Waals surface area contributed by atoms with Crippen molar-refractivity contribution < 1.29 is 24.0 Å². The Balaban J connectivity index is 1.93. The Morgan fingerprint density at radius 2 is 2.08 bits per heavy atom. The summed E-state index contributed by atoms with van der Waals surface area (Å²) < 4.78 is 13.4. The number of nitrogens with one attached hydrogen (secondary N) is 1. The van der Waals surface area contributed by atoms with Crippen LogP contribution in [0, 0.1) is 5.82 Å². The highest BCUT2D eigenvalue weighted by atomic mass is 19.1. The standard InChI is InChI=1S/C16H20FN3O4/c1-24-19-15-12-10-11(17)7-8-13(12)20(16(15)22)9-5-3-2-4-6-14(21)18-23/h7-8,10,23H,2-6,9H2,1H3,(H,18,21)/b19-15+. The molecule has 1 aliphatic rings. The zero-order chi connectivity index (χ0) is 17.5. The topological polar surface area (TPSA) is 91.2 Å². The molecule has 0 saturated heterocycles. The lowest BCUT2D eigenvalue weighted by atomic mass is 10.1. The number of benzene rings is 1. The Hall–Kier alpha value is -2.48. The third-order valence-electron chi connectivity index (χ3n) is 3.80. The van der Waals surface area contributed by atoms with Crippen molar-refractivity contribution in [1.29, 1.82) is 0 Å². The maximum Gasteiger partial charge on any atom is 0.281 e. The summed E-state index contributed by atoms with van der Waals surface area (Å²) in [4.78, 5) is 29.6. The van der Waals surface area contributed by atoms with E-state index in [2.05, 4.69) is 5.16 Å². The summed E-state index contributed by atoms with van der Waals surface area (Å²) in [6.07, 6.45) is 3.31. The second-order valence-electron chi connectivity index (χ2n) is 5.44. The maximum absolute atomic E-state index is 13.4. The van der Waals surface area contributed by atoms with Gasteiger partial charge in [-0.15, -0.1) is 0 Å². The summed E-state index contributed by atoms with van der Waals surface area (Å²) >= 11 is 0. The normalized spacial score (nSPS) is 14.9. The molecule has 0 atom stereocenters. The van der Waals surface area contributed by atoms with E-state index in [4.69, 9.17) is 10.0 Å².